The lowest BCUT2D eigenvalue weighted by atomic mass is 9.93. The first-order valence-electron chi connectivity index (χ1n) is 7.60. The van der Waals surface area contributed by atoms with Gasteiger partial charge in [0.05, 0.1) is 14.2 Å². The van der Waals surface area contributed by atoms with Crippen LogP contribution in [-0.4, -0.2) is 14.2 Å². The van der Waals surface area contributed by atoms with Crippen molar-refractivity contribution in [3.8, 4) is 33.8 Å². The lowest BCUT2D eigenvalue weighted by Crippen LogP contribution is -1.94. The molecule has 0 radical (unpaired) electrons. The summed E-state index contributed by atoms with van der Waals surface area (Å²) in [5, 5.41) is 0. The van der Waals surface area contributed by atoms with Crippen molar-refractivity contribution in [2.75, 3.05) is 25.7 Å². The lowest BCUT2D eigenvalue weighted by molar-refractivity contribution is 0.355. The van der Waals surface area contributed by atoms with Crippen molar-refractivity contribution in [2.24, 2.45) is 0 Å². The molecule has 0 saturated heterocycles. The summed E-state index contributed by atoms with van der Waals surface area (Å²) in [6.07, 6.45) is 0. The van der Waals surface area contributed by atoms with Crippen molar-refractivity contribution < 1.29 is 9.47 Å². The van der Waals surface area contributed by atoms with Gasteiger partial charge in [-0.05, 0) is 58.7 Å². The molecule has 0 bridgehead atoms. The van der Waals surface area contributed by atoms with Crippen LogP contribution in [0.5, 0.6) is 11.5 Å². The van der Waals surface area contributed by atoms with Crippen LogP contribution in [0.25, 0.3) is 22.3 Å². The molecule has 0 heterocycles. The smallest absolute Gasteiger partial charge is 0.161 e. The van der Waals surface area contributed by atoms with Crippen molar-refractivity contribution >= 4 is 11.4 Å². The molecule has 4 N–H and O–H groups in total. The summed E-state index contributed by atoms with van der Waals surface area (Å²) in [5.74, 6) is 1.37. The Hall–Kier alpha value is -3.14. The van der Waals surface area contributed by atoms with Crippen molar-refractivity contribution in [1.82, 2.24) is 0 Å². The summed E-state index contributed by atoms with van der Waals surface area (Å²) in [5.41, 5.74) is 17.3. The van der Waals surface area contributed by atoms with E-state index in [1.165, 1.54) is 0 Å². The number of benzene rings is 3. The Labute approximate surface area is 141 Å². The fourth-order valence-corrected chi connectivity index (χ4v) is 2.68. The third-order valence-electron chi connectivity index (χ3n) is 3.97. The van der Waals surface area contributed by atoms with Gasteiger partial charge in [0.1, 0.15) is 0 Å². The van der Waals surface area contributed by atoms with Crippen LogP contribution >= 0.6 is 0 Å². The maximum absolute atomic E-state index is 5.81. The molecule has 0 aromatic heterocycles. The molecular formula is C20H20N2O2. The normalized spacial score (nSPS) is 10.4. The first kappa shape index (κ1) is 15.7. The first-order valence-corrected chi connectivity index (χ1v) is 7.60. The van der Waals surface area contributed by atoms with E-state index in [1.54, 1.807) is 14.2 Å². The van der Waals surface area contributed by atoms with E-state index >= 15 is 0 Å². The quantitative estimate of drug-likeness (QED) is 0.707. The van der Waals surface area contributed by atoms with Crippen LogP contribution in [0.15, 0.2) is 60.7 Å². The Bertz CT molecular complexity index is 768. The van der Waals surface area contributed by atoms with Crippen LogP contribution in [0.3, 0.4) is 0 Å². The highest BCUT2D eigenvalue weighted by Crippen LogP contribution is 2.41. The molecule has 0 amide bonds. The first-order chi connectivity index (χ1) is 11.6. The molecule has 3 aromatic rings. The summed E-state index contributed by atoms with van der Waals surface area (Å²) >= 11 is 0. The maximum atomic E-state index is 5.81. The molecule has 0 aliphatic carbocycles. The summed E-state index contributed by atoms with van der Waals surface area (Å²) in [6, 6.07) is 19.5. The monoisotopic (exact) mass is 320 g/mol. The van der Waals surface area contributed by atoms with Gasteiger partial charge in [-0.2, -0.15) is 0 Å². The van der Waals surface area contributed by atoms with Crippen LogP contribution in [0.1, 0.15) is 0 Å². The molecule has 122 valence electrons. The molecule has 4 nitrogen and oxygen atoms in total. The van der Waals surface area contributed by atoms with Gasteiger partial charge in [-0.3, -0.25) is 0 Å². The van der Waals surface area contributed by atoms with E-state index in [4.69, 9.17) is 20.9 Å². The Morgan fingerprint density at radius 1 is 0.583 bits per heavy atom. The third-order valence-corrected chi connectivity index (χ3v) is 3.97. The number of anilines is 2. The predicted octanol–water partition coefficient (Wildman–Crippen LogP) is 4.20. The van der Waals surface area contributed by atoms with Gasteiger partial charge in [0.2, 0.25) is 0 Å². The van der Waals surface area contributed by atoms with E-state index in [0.717, 1.165) is 33.6 Å². The van der Waals surface area contributed by atoms with Crippen LogP contribution in [0.2, 0.25) is 0 Å². The molecule has 0 aliphatic rings. The molecular weight excluding hydrogens is 300 g/mol. The van der Waals surface area contributed by atoms with Gasteiger partial charge in [0.15, 0.2) is 11.5 Å². The number of ether oxygens (including phenoxy) is 2. The molecule has 0 fully saturated rings. The second kappa shape index (κ2) is 6.54. The topological polar surface area (TPSA) is 70.5 Å². The van der Waals surface area contributed by atoms with E-state index in [-0.39, 0.29) is 0 Å². The summed E-state index contributed by atoms with van der Waals surface area (Å²) in [6.45, 7) is 0. The largest absolute Gasteiger partial charge is 0.493 e. The zero-order valence-electron chi connectivity index (χ0n) is 13.7. The zero-order chi connectivity index (χ0) is 17.1. The van der Waals surface area contributed by atoms with Gasteiger partial charge in [-0.1, -0.05) is 24.3 Å². The van der Waals surface area contributed by atoms with Gasteiger partial charge in [-0.15, -0.1) is 0 Å². The van der Waals surface area contributed by atoms with Crippen LogP contribution in [-0.2, 0) is 0 Å². The van der Waals surface area contributed by atoms with E-state index in [9.17, 15) is 0 Å². The van der Waals surface area contributed by atoms with Crippen LogP contribution < -0.4 is 20.9 Å². The molecule has 0 unspecified atom stereocenters. The van der Waals surface area contributed by atoms with Gasteiger partial charge in [-0.25, -0.2) is 0 Å². The van der Waals surface area contributed by atoms with Crippen LogP contribution in [0.4, 0.5) is 11.4 Å². The van der Waals surface area contributed by atoms with Crippen LogP contribution in [0, 0.1) is 0 Å². The Morgan fingerprint density at radius 2 is 0.917 bits per heavy atom. The molecule has 0 atom stereocenters. The van der Waals surface area contributed by atoms with Gasteiger partial charge in [0.25, 0.3) is 0 Å². The number of hydrogen-bond donors (Lipinski definition) is 2. The van der Waals surface area contributed by atoms with Crippen molar-refractivity contribution in [1.29, 1.82) is 0 Å². The minimum absolute atomic E-state index is 0.684. The molecule has 3 rings (SSSR count). The van der Waals surface area contributed by atoms with Gasteiger partial charge < -0.3 is 20.9 Å². The van der Waals surface area contributed by atoms with E-state index in [0.29, 0.717) is 11.5 Å². The van der Waals surface area contributed by atoms with E-state index in [1.807, 2.05) is 60.7 Å². The van der Waals surface area contributed by atoms with Crippen molar-refractivity contribution in [3.05, 3.63) is 60.7 Å². The fourth-order valence-electron chi connectivity index (χ4n) is 2.68. The highest BCUT2D eigenvalue weighted by molar-refractivity contribution is 5.86. The number of nitrogen functional groups attached to an aromatic ring is 2. The molecule has 3 aromatic carbocycles. The Balaban J connectivity index is 2.24. The van der Waals surface area contributed by atoms with E-state index in [2.05, 4.69) is 0 Å². The molecule has 0 aliphatic heterocycles. The molecule has 0 spiro atoms. The number of methoxy groups -OCH3 is 2. The second-order valence-corrected chi connectivity index (χ2v) is 5.50. The minimum atomic E-state index is 0.684. The van der Waals surface area contributed by atoms with Gasteiger partial charge >= 0.3 is 0 Å². The number of rotatable bonds is 4. The Kier molecular flexibility index (Phi) is 4.29. The standard InChI is InChI=1S/C20H20N2O2/c1-23-19-11-17(13-3-7-15(21)8-4-13)18(12-20(19)24-2)14-5-9-16(22)10-6-14/h3-12H,21-22H2,1-2H3. The maximum Gasteiger partial charge on any atom is 0.161 e. The van der Waals surface area contributed by atoms with Crippen molar-refractivity contribution in [2.45, 2.75) is 0 Å². The van der Waals surface area contributed by atoms with E-state index < -0.39 is 0 Å². The SMILES string of the molecule is COc1cc(-c2ccc(N)cc2)c(-c2ccc(N)cc2)cc1OC. The summed E-state index contributed by atoms with van der Waals surface area (Å²) in [7, 11) is 3.26. The average Bonchev–Trinajstić information content (AvgIpc) is 2.62. The number of hydrogen-bond acceptors (Lipinski definition) is 4. The summed E-state index contributed by atoms with van der Waals surface area (Å²) < 4.78 is 10.9. The predicted molar refractivity (Wildman–Crippen MR) is 99.2 cm³/mol. The molecule has 0 saturated carbocycles. The highest BCUT2D eigenvalue weighted by Gasteiger charge is 2.14. The lowest BCUT2D eigenvalue weighted by Gasteiger charge is -2.16. The Morgan fingerprint density at radius 3 is 1.21 bits per heavy atom. The molecule has 4 heteroatoms. The third kappa shape index (κ3) is 2.99. The zero-order valence-corrected chi connectivity index (χ0v) is 13.7. The minimum Gasteiger partial charge on any atom is -0.493 e. The van der Waals surface area contributed by atoms with Crippen molar-refractivity contribution in [3.63, 3.8) is 0 Å². The second-order valence-electron chi connectivity index (χ2n) is 5.50. The van der Waals surface area contributed by atoms with Gasteiger partial charge in [0, 0.05) is 11.4 Å². The highest BCUT2D eigenvalue weighted by atomic mass is 16.5. The fraction of sp³-hybridized carbons (Fsp3) is 0.100. The summed E-state index contributed by atoms with van der Waals surface area (Å²) in [4.78, 5) is 0. The average molecular weight is 320 g/mol. The number of nitrogens with two attached hydrogens (primary N) is 2. The molecule has 24 heavy (non-hydrogen) atoms.